The number of hydrogen-bond donors (Lipinski definition) is 1. The first-order valence-electron chi connectivity index (χ1n) is 12.2. The van der Waals surface area contributed by atoms with E-state index >= 15 is 0 Å². The number of nitrogens with zero attached hydrogens (tertiary/aromatic N) is 3. The molecule has 3 aromatic rings. The molecule has 0 saturated carbocycles. The Hall–Kier alpha value is -4.47. The van der Waals surface area contributed by atoms with Gasteiger partial charge >= 0.3 is 0 Å². The Labute approximate surface area is 217 Å². The number of amides is 2. The number of fused-ring (bicyclic) bond motifs is 4. The number of pyridine rings is 1. The molecule has 3 heterocycles. The van der Waals surface area contributed by atoms with Gasteiger partial charge in [0.15, 0.2) is 11.4 Å². The Morgan fingerprint density at radius 2 is 1.79 bits per heavy atom. The van der Waals surface area contributed by atoms with E-state index < -0.39 is 28.9 Å². The third-order valence-corrected chi connectivity index (χ3v) is 6.74. The smallest absolute Gasteiger partial charge is 0.278 e. The highest BCUT2D eigenvalue weighted by Gasteiger charge is 2.39. The van der Waals surface area contributed by atoms with Crippen molar-refractivity contribution in [1.82, 2.24) is 14.9 Å². The predicted octanol–water partition coefficient (Wildman–Crippen LogP) is 3.33. The molecule has 1 aromatic heterocycles. The second kappa shape index (κ2) is 10.1. The fraction of sp³-hybridized carbons (Fsp3) is 0.250. The third kappa shape index (κ3) is 4.65. The summed E-state index contributed by atoms with van der Waals surface area (Å²) >= 11 is 0. The number of ether oxygens (including phenoxy) is 1. The molecule has 0 saturated heterocycles. The van der Waals surface area contributed by atoms with Gasteiger partial charge in [0.05, 0.1) is 6.04 Å². The van der Waals surface area contributed by atoms with Crippen molar-refractivity contribution >= 4 is 11.8 Å². The number of nitrogens with one attached hydrogen (secondary N) is 1. The second-order valence-electron chi connectivity index (χ2n) is 9.31. The molecule has 8 nitrogen and oxygen atoms in total. The van der Waals surface area contributed by atoms with Gasteiger partial charge in [-0.25, -0.2) is 8.78 Å². The molecule has 2 atom stereocenters. The van der Waals surface area contributed by atoms with E-state index in [0.29, 0.717) is 0 Å². The number of benzene rings is 2. The number of aromatic nitrogens is 1. The molecule has 0 radical (unpaired) electrons. The average Bonchev–Trinajstić information content (AvgIpc) is 3.03. The zero-order chi connectivity index (χ0) is 27.0. The van der Waals surface area contributed by atoms with Crippen molar-refractivity contribution in [2.75, 3.05) is 11.7 Å². The lowest BCUT2D eigenvalue weighted by molar-refractivity contribution is 0.0649. The molecule has 2 amide bonds. The predicted molar refractivity (Wildman–Crippen MR) is 136 cm³/mol. The van der Waals surface area contributed by atoms with Gasteiger partial charge in [-0.2, -0.15) is 0 Å². The average molecular weight is 521 g/mol. The van der Waals surface area contributed by atoms with Crippen molar-refractivity contribution in [2.24, 2.45) is 0 Å². The van der Waals surface area contributed by atoms with E-state index in [0.717, 1.165) is 17.7 Å². The summed E-state index contributed by atoms with van der Waals surface area (Å²) in [5, 5.41) is 4.37. The Morgan fingerprint density at radius 1 is 1.05 bits per heavy atom. The van der Waals surface area contributed by atoms with E-state index in [-0.39, 0.29) is 54.5 Å². The fourth-order valence-corrected chi connectivity index (χ4v) is 4.53. The summed E-state index contributed by atoms with van der Waals surface area (Å²) in [6.07, 6.45) is 5.19. The Bertz CT molecular complexity index is 1490. The van der Waals surface area contributed by atoms with Crippen molar-refractivity contribution in [3.8, 4) is 5.75 Å². The van der Waals surface area contributed by atoms with Crippen molar-refractivity contribution in [3.05, 3.63) is 111 Å². The maximum atomic E-state index is 14.1. The molecule has 10 heteroatoms. The summed E-state index contributed by atoms with van der Waals surface area (Å²) in [6, 6.07) is 11.8. The lowest BCUT2D eigenvalue weighted by Gasteiger charge is -2.42. The van der Waals surface area contributed by atoms with Gasteiger partial charge in [0.25, 0.3) is 11.8 Å². The minimum Gasteiger partial charge on any atom is -0.482 e. The summed E-state index contributed by atoms with van der Waals surface area (Å²) in [4.78, 5) is 42.0. The van der Waals surface area contributed by atoms with Crippen LogP contribution in [0.2, 0.25) is 0 Å². The molecule has 0 aliphatic carbocycles. The highest BCUT2D eigenvalue weighted by molar-refractivity contribution is 5.99. The molecule has 1 N–H and O–H groups in total. The van der Waals surface area contributed by atoms with Gasteiger partial charge in [0.2, 0.25) is 5.43 Å². The van der Waals surface area contributed by atoms with Crippen LogP contribution in [-0.2, 0) is 13.2 Å². The standard InChI is InChI=1S/C28H26F2N4O4/c1-17-8-9-18(2)34-16-32(17)28(37)24-26(38-15-19-6-4-3-5-7-19)25(35)22(14-33(24)34)27(36)31-13-20-10-11-21(29)12-23(20)30/h3-12,14,17-18H,13,15-16H2,1-2H3,(H,31,36)/t17-,18-/m0/s1. The van der Waals surface area contributed by atoms with E-state index in [1.807, 2.05) is 61.3 Å². The number of hydrogen-bond acceptors (Lipinski definition) is 5. The fourth-order valence-electron chi connectivity index (χ4n) is 4.53. The number of carbonyl (C=O) groups is 2. The lowest BCUT2D eigenvalue weighted by Crippen LogP contribution is -2.57. The molecule has 5 rings (SSSR count). The van der Waals surface area contributed by atoms with Crippen LogP contribution in [0, 0.1) is 11.6 Å². The molecule has 0 spiro atoms. The molecule has 0 fully saturated rings. The Kier molecular flexibility index (Phi) is 6.71. The number of carbonyl (C=O) groups excluding carboxylic acids is 2. The second-order valence-corrected chi connectivity index (χ2v) is 9.31. The highest BCUT2D eigenvalue weighted by Crippen LogP contribution is 2.27. The molecule has 2 aliphatic heterocycles. The molecule has 0 unspecified atom stereocenters. The van der Waals surface area contributed by atoms with Crippen LogP contribution in [0.5, 0.6) is 5.75 Å². The SMILES string of the molecule is C[C@H]1C=C[C@H](C)N2CN1C(=O)c1c(OCc3ccccc3)c(=O)c(C(=O)NCc3ccc(F)cc3F)cn12. The van der Waals surface area contributed by atoms with Gasteiger partial charge in [0, 0.05) is 30.4 Å². The third-order valence-electron chi connectivity index (χ3n) is 6.74. The van der Waals surface area contributed by atoms with E-state index in [9.17, 15) is 23.2 Å². The van der Waals surface area contributed by atoms with Crippen LogP contribution in [0.4, 0.5) is 8.78 Å². The van der Waals surface area contributed by atoms with Crippen molar-refractivity contribution < 1.29 is 23.1 Å². The van der Waals surface area contributed by atoms with Crippen LogP contribution in [-0.4, -0.2) is 40.1 Å². The van der Waals surface area contributed by atoms with E-state index in [1.165, 1.54) is 16.9 Å². The van der Waals surface area contributed by atoms with Gasteiger partial charge in [-0.1, -0.05) is 48.6 Å². The molecular weight excluding hydrogens is 494 g/mol. The van der Waals surface area contributed by atoms with Crippen LogP contribution in [0.15, 0.2) is 71.7 Å². The van der Waals surface area contributed by atoms with E-state index in [2.05, 4.69) is 5.32 Å². The molecule has 196 valence electrons. The van der Waals surface area contributed by atoms with Crippen molar-refractivity contribution in [2.45, 2.75) is 39.1 Å². The summed E-state index contributed by atoms with van der Waals surface area (Å²) in [7, 11) is 0. The number of rotatable bonds is 6. The first-order valence-corrected chi connectivity index (χ1v) is 12.2. The van der Waals surface area contributed by atoms with Crippen LogP contribution in [0.3, 0.4) is 0 Å². The van der Waals surface area contributed by atoms with E-state index in [1.54, 1.807) is 4.90 Å². The van der Waals surface area contributed by atoms with Crippen LogP contribution in [0.1, 0.15) is 45.8 Å². The Balaban J connectivity index is 1.56. The summed E-state index contributed by atoms with van der Waals surface area (Å²) in [5.41, 5.74) is -0.164. The van der Waals surface area contributed by atoms with Crippen LogP contribution >= 0.6 is 0 Å². The van der Waals surface area contributed by atoms with Crippen molar-refractivity contribution in [1.29, 1.82) is 0 Å². The first-order chi connectivity index (χ1) is 18.2. The monoisotopic (exact) mass is 520 g/mol. The van der Waals surface area contributed by atoms with E-state index in [4.69, 9.17) is 4.74 Å². The number of halogens is 2. The summed E-state index contributed by atoms with van der Waals surface area (Å²) in [6.45, 7) is 3.81. The first kappa shape index (κ1) is 25.2. The maximum absolute atomic E-state index is 14.1. The minimum atomic E-state index is -0.815. The molecular formula is C28H26F2N4O4. The minimum absolute atomic E-state index is 0.00554. The van der Waals surface area contributed by atoms with Gasteiger partial charge in [-0.15, -0.1) is 0 Å². The van der Waals surface area contributed by atoms with Crippen LogP contribution < -0.4 is 20.5 Å². The molecule has 2 bridgehead atoms. The Morgan fingerprint density at radius 3 is 2.53 bits per heavy atom. The van der Waals surface area contributed by atoms with Gasteiger partial charge < -0.3 is 15.0 Å². The summed E-state index contributed by atoms with van der Waals surface area (Å²) < 4.78 is 34.8. The normalized spacial score (nSPS) is 18.2. The highest BCUT2D eigenvalue weighted by atomic mass is 19.1. The molecule has 38 heavy (non-hydrogen) atoms. The van der Waals surface area contributed by atoms with Crippen molar-refractivity contribution in [3.63, 3.8) is 0 Å². The quantitative estimate of drug-likeness (QED) is 0.505. The van der Waals surface area contributed by atoms with Crippen LogP contribution in [0.25, 0.3) is 0 Å². The van der Waals surface area contributed by atoms with Gasteiger partial charge in [-0.3, -0.25) is 24.1 Å². The zero-order valence-electron chi connectivity index (χ0n) is 20.9. The summed E-state index contributed by atoms with van der Waals surface area (Å²) in [5.74, 6) is -2.97. The molecule has 2 aromatic carbocycles. The topological polar surface area (TPSA) is 83.9 Å². The van der Waals surface area contributed by atoms with Gasteiger partial charge in [-0.05, 0) is 25.5 Å². The molecule has 2 aliphatic rings. The lowest BCUT2D eigenvalue weighted by atomic mass is 10.1. The zero-order valence-corrected chi connectivity index (χ0v) is 20.9. The largest absolute Gasteiger partial charge is 0.482 e. The maximum Gasteiger partial charge on any atom is 0.278 e. The van der Waals surface area contributed by atoms with Gasteiger partial charge in [0.1, 0.15) is 30.5 Å².